The smallest absolute Gasteiger partial charge is 0.319 e. The van der Waals surface area contributed by atoms with Crippen molar-refractivity contribution in [3.63, 3.8) is 0 Å². The van der Waals surface area contributed by atoms with E-state index in [2.05, 4.69) is 51.2 Å². The third-order valence-electron chi connectivity index (χ3n) is 15.7. The van der Waals surface area contributed by atoms with E-state index in [4.69, 9.17) is 49.5 Å². The number of piperazine rings is 2. The molecule has 4 N–H and O–H groups in total. The summed E-state index contributed by atoms with van der Waals surface area (Å²) < 4.78 is 72.7. The number of halogens is 2. The van der Waals surface area contributed by atoms with Crippen molar-refractivity contribution in [3.05, 3.63) is 89.6 Å². The number of aryl methyl sites for hydroxylation is 1. The molecular weight excluding hydrogens is 1040 g/mol. The number of ether oxygens (including phenoxy) is 7. The zero-order valence-corrected chi connectivity index (χ0v) is 45.1. The highest BCUT2D eigenvalue weighted by Gasteiger charge is 2.49. The van der Waals surface area contributed by atoms with Crippen LogP contribution in [0, 0.1) is 30.9 Å². The van der Waals surface area contributed by atoms with Gasteiger partial charge in [-0.2, -0.15) is 15.0 Å². The molecule has 7 aromatic rings. The number of benzene rings is 3. The lowest BCUT2D eigenvalue weighted by molar-refractivity contribution is -0.126. The van der Waals surface area contributed by atoms with E-state index < -0.39 is 23.8 Å². The molecule has 0 aliphatic carbocycles. The minimum Gasteiger partial charge on any atom is -0.492 e. The molecule has 81 heavy (non-hydrogen) atoms. The van der Waals surface area contributed by atoms with E-state index >= 15 is 4.39 Å². The van der Waals surface area contributed by atoms with Crippen molar-refractivity contribution in [2.75, 3.05) is 117 Å². The molecule has 4 aromatic heterocycles. The van der Waals surface area contributed by atoms with Crippen molar-refractivity contribution >= 4 is 44.6 Å². The van der Waals surface area contributed by atoms with E-state index in [0.717, 1.165) is 87.4 Å². The Labute approximate surface area is 466 Å². The van der Waals surface area contributed by atoms with E-state index in [1.807, 2.05) is 43.3 Å². The topological polar surface area (TPSA) is 216 Å². The van der Waals surface area contributed by atoms with Gasteiger partial charge in [0.2, 0.25) is 5.91 Å². The molecule has 9 heterocycles. The average molecular weight is 1110 g/mol. The first-order valence-corrected chi connectivity index (χ1v) is 27.9. The highest BCUT2D eigenvalue weighted by molar-refractivity contribution is 6.02. The number of anilines is 1. The quantitative estimate of drug-likeness (QED) is 0.0529. The Hall–Kier alpha value is -7.20. The van der Waals surface area contributed by atoms with Crippen molar-refractivity contribution in [1.29, 1.82) is 0 Å². The number of pyridine rings is 2. The van der Waals surface area contributed by atoms with Gasteiger partial charge in [0.25, 0.3) is 6.01 Å². The second kappa shape index (κ2) is 24.5. The van der Waals surface area contributed by atoms with Crippen LogP contribution in [0.15, 0.2) is 66.9 Å². The largest absolute Gasteiger partial charge is 0.492 e. The van der Waals surface area contributed by atoms with Crippen LogP contribution in [-0.2, 0) is 23.7 Å². The molecule has 0 spiro atoms. The van der Waals surface area contributed by atoms with Crippen molar-refractivity contribution in [1.82, 2.24) is 50.3 Å². The number of H-pyrrole nitrogens is 1. The minimum atomic E-state index is -0.658. The van der Waals surface area contributed by atoms with Crippen LogP contribution >= 0.6 is 0 Å². The van der Waals surface area contributed by atoms with Gasteiger partial charge in [-0.3, -0.25) is 14.7 Å². The highest BCUT2D eigenvalue weighted by atomic mass is 19.1. The van der Waals surface area contributed by atoms with Gasteiger partial charge in [0, 0.05) is 93.8 Å². The van der Waals surface area contributed by atoms with Crippen LogP contribution < -0.4 is 29.7 Å². The summed E-state index contributed by atoms with van der Waals surface area (Å²) in [6.07, 6.45) is 8.60. The number of aliphatic hydroxyl groups is 1. The van der Waals surface area contributed by atoms with Gasteiger partial charge >= 0.3 is 6.01 Å². The lowest BCUT2D eigenvalue weighted by Gasteiger charge is -2.35. The number of carbonyl (C=O) groups is 1. The number of fused-ring (bicyclic) bond motifs is 6. The first-order chi connectivity index (χ1) is 39.6. The van der Waals surface area contributed by atoms with Gasteiger partial charge in [-0.25, -0.2) is 13.8 Å². The fourth-order valence-corrected chi connectivity index (χ4v) is 11.6. The molecule has 5 aliphatic heterocycles. The molecule has 2 unspecified atom stereocenters. The Bertz CT molecular complexity index is 3420. The number of aliphatic hydroxyl groups excluding tert-OH is 1. The van der Waals surface area contributed by atoms with Crippen LogP contribution in [0.25, 0.3) is 55.4 Å². The third-order valence-corrected chi connectivity index (χ3v) is 15.7. The Morgan fingerprint density at radius 3 is 2.47 bits per heavy atom. The van der Waals surface area contributed by atoms with Gasteiger partial charge in [0.05, 0.1) is 55.1 Å². The minimum absolute atomic E-state index is 0.0263. The molecule has 3 aromatic carbocycles. The zero-order valence-electron chi connectivity index (χ0n) is 45.1. The second-order valence-electron chi connectivity index (χ2n) is 21.2. The van der Waals surface area contributed by atoms with Crippen LogP contribution in [0.3, 0.4) is 0 Å². The van der Waals surface area contributed by atoms with E-state index in [0.29, 0.717) is 103 Å². The van der Waals surface area contributed by atoms with Crippen LogP contribution in [0.4, 0.5) is 14.6 Å². The summed E-state index contributed by atoms with van der Waals surface area (Å²) in [7, 11) is 0. The first kappa shape index (κ1) is 54.4. The van der Waals surface area contributed by atoms with E-state index in [1.165, 1.54) is 6.07 Å². The molecule has 5 aliphatic rings. The number of imidazole rings is 1. The number of nitrogens with zero attached hydrogens (tertiary/aromatic N) is 8. The molecule has 20 nitrogen and oxygen atoms in total. The first-order valence-electron chi connectivity index (χ1n) is 27.9. The van der Waals surface area contributed by atoms with Gasteiger partial charge in [-0.05, 0) is 73.5 Å². The molecule has 0 radical (unpaired) electrons. The number of nitrogens with one attached hydrogen (secondary N) is 3. The Kier molecular flexibility index (Phi) is 16.4. The number of hydrogen-bond acceptors (Lipinski definition) is 18. The maximum atomic E-state index is 16.9. The number of terminal acetylenes is 1. The molecule has 1 amide bonds. The monoisotopic (exact) mass is 1110 g/mol. The average Bonchev–Trinajstić information content (AvgIpc) is 4.35. The predicted molar refractivity (Wildman–Crippen MR) is 297 cm³/mol. The van der Waals surface area contributed by atoms with Crippen molar-refractivity contribution in [2.45, 2.75) is 62.7 Å². The number of amides is 1. The molecule has 12 rings (SSSR count). The predicted octanol–water partition coefficient (Wildman–Crippen LogP) is 4.81. The van der Waals surface area contributed by atoms with Crippen LogP contribution in [0.5, 0.6) is 17.8 Å². The SMILES string of the molecule is C#Cc1c(F)ccc2cccc(-c3ncc4c(N5CC6CCC(C5)N6)nc(OCCN5CCN(CCCOCCOCC(=O)NCCOc6ccc(-c7nc8nc(O[C@@H]9CO[C@H]%10[C@@H]9OC[C@H]%10O)[nH]c8cc7C)cc6)CC5)nc4c3F)c12. The van der Waals surface area contributed by atoms with Crippen molar-refractivity contribution in [2.24, 2.45) is 0 Å². The van der Waals surface area contributed by atoms with Gasteiger partial charge < -0.3 is 63.7 Å². The van der Waals surface area contributed by atoms with E-state index in [-0.39, 0.29) is 60.7 Å². The van der Waals surface area contributed by atoms with E-state index in [1.54, 1.807) is 24.4 Å². The molecule has 22 heteroatoms. The van der Waals surface area contributed by atoms with E-state index in [9.17, 15) is 14.3 Å². The highest BCUT2D eigenvalue weighted by Crippen LogP contribution is 2.38. The lowest BCUT2D eigenvalue weighted by atomic mass is 9.96. The molecule has 2 bridgehead atoms. The molecule has 5 fully saturated rings. The number of carbonyl (C=O) groups excluding carboxylic acids is 1. The molecule has 6 atom stereocenters. The van der Waals surface area contributed by atoms with Gasteiger partial charge in [0.1, 0.15) is 66.7 Å². The van der Waals surface area contributed by atoms with Gasteiger partial charge in [-0.15, -0.1) is 6.42 Å². The summed E-state index contributed by atoms with van der Waals surface area (Å²) in [6, 6.07) is 18.8. The molecule has 0 saturated carbocycles. The van der Waals surface area contributed by atoms with Crippen molar-refractivity contribution in [3.8, 4) is 52.6 Å². The number of hydrogen-bond donors (Lipinski definition) is 4. The third kappa shape index (κ3) is 12.1. The number of aromatic nitrogens is 6. The number of rotatable bonds is 22. The van der Waals surface area contributed by atoms with Gasteiger partial charge in [-0.1, -0.05) is 30.2 Å². The molecule has 424 valence electrons. The maximum absolute atomic E-state index is 16.9. The standard InChI is InChI=1S/C59H65F2N11O9/c1-3-41-44(60)15-10-36-6-4-7-42(49(36)41)52-50(61)53-43(29-63-52)57(72-30-38-11-12-39(31-72)64-38)69-58(67-53)78-25-22-71-20-18-70(19-21-71)17-5-23-75-26-27-76-34-48(74)62-16-24-77-40-13-8-37(9-14-40)51-35(2)28-45-56(66-51)68-59(65-45)81-47-33-80-54-46(73)32-79-55(47)54/h1,4,6-10,13-15,28-29,38-39,46-47,54-55,64,73H,5,11-12,16-27,30-34H2,2H3,(H,62,74)(H,65,66,68)/t38?,39?,46-,47-,54-,55-/m1/s1. The fourth-order valence-electron chi connectivity index (χ4n) is 11.6. The van der Waals surface area contributed by atoms with Crippen LogP contribution in [0.1, 0.15) is 30.4 Å². The second-order valence-corrected chi connectivity index (χ2v) is 21.2. The van der Waals surface area contributed by atoms with Crippen LogP contribution in [0.2, 0.25) is 0 Å². The lowest BCUT2D eigenvalue weighted by Crippen LogP contribution is -2.51. The fraction of sp³-hybridized carbons (Fsp3) is 0.458. The zero-order chi connectivity index (χ0) is 55.4. The molecular formula is C59H65F2N11O9. The summed E-state index contributed by atoms with van der Waals surface area (Å²) in [5.74, 6) is 2.26. The Balaban J connectivity index is 0.533. The normalized spacial score (nSPS) is 21.9. The Morgan fingerprint density at radius 1 is 0.864 bits per heavy atom. The summed E-state index contributed by atoms with van der Waals surface area (Å²) in [5.41, 5.74) is 4.44. The van der Waals surface area contributed by atoms with Crippen LogP contribution in [-0.4, -0.2) is 199 Å². The molecule has 5 saturated heterocycles. The maximum Gasteiger partial charge on any atom is 0.319 e. The summed E-state index contributed by atoms with van der Waals surface area (Å²) >= 11 is 0. The number of aromatic amines is 1. The van der Waals surface area contributed by atoms with Gasteiger partial charge in [0.15, 0.2) is 17.6 Å². The Morgan fingerprint density at radius 2 is 1.65 bits per heavy atom. The summed E-state index contributed by atoms with van der Waals surface area (Å²) in [4.78, 5) is 46.0. The summed E-state index contributed by atoms with van der Waals surface area (Å²) in [5, 5.41) is 18.1. The van der Waals surface area contributed by atoms with Crippen molar-refractivity contribution < 1.29 is 51.8 Å². The summed E-state index contributed by atoms with van der Waals surface area (Å²) in [6.45, 7) is 11.2.